The number of esters is 1. The first-order chi connectivity index (χ1) is 11.4. The van der Waals surface area contributed by atoms with Gasteiger partial charge < -0.3 is 15.0 Å². The molecule has 132 valence electrons. The highest BCUT2D eigenvalue weighted by Crippen LogP contribution is 2.18. The second-order valence-electron chi connectivity index (χ2n) is 5.21. The normalized spacial score (nSPS) is 11.5. The van der Waals surface area contributed by atoms with Gasteiger partial charge in [0.05, 0.1) is 19.0 Å². The maximum absolute atomic E-state index is 12.5. The Labute approximate surface area is 154 Å². The van der Waals surface area contributed by atoms with Crippen molar-refractivity contribution in [2.75, 3.05) is 19.0 Å². The van der Waals surface area contributed by atoms with Gasteiger partial charge >= 0.3 is 5.97 Å². The van der Waals surface area contributed by atoms with Crippen molar-refractivity contribution < 1.29 is 19.1 Å². The van der Waals surface area contributed by atoms with E-state index >= 15 is 0 Å². The molecule has 0 aliphatic rings. The zero-order valence-corrected chi connectivity index (χ0v) is 16.1. The molecule has 8 heteroatoms. The molecule has 0 saturated carbocycles. The number of nitrogens with one attached hydrogen (secondary N) is 1. The van der Waals surface area contributed by atoms with E-state index in [0.717, 1.165) is 10.5 Å². The van der Waals surface area contributed by atoms with E-state index in [-0.39, 0.29) is 17.8 Å². The van der Waals surface area contributed by atoms with Crippen LogP contribution in [0.15, 0.2) is 29.7 Å². The smallest absolute Gasteiger partial charge is 0.325 e. The minimum Gasteiger partial charge on any atom is -0.468 e. The molecule has 0 fully saturated rings. The average Bonchev–Trinajstić information content (AvgIpc) is 3.07. The van der Waals surface area contributed by atoms with Gasteiger partial charge in [-0.05, 0) is 24.8 Å². The maximum Gasteiger partial charge on any atom is 0.325 e. The Kier molecular flexibility index (Phi) is 8.70. The topological polar surface area (TPSA) is 75.7 Å². The van der Waals surface area contributed by atoms with Gasteiger partial charge in [0.15, 0.2) is 0 Å². The number of amides is 2. The molecule has 0 unspecified atom stereocenters. The zero-order valence-electron chi connectivity index (χ0n) is 13.7. The number of halogens is 1. The van der Waals surface area contributed by atoms with Crippen molar-refractivity contribution >= 4 is 45.1 Å². The van der Waals surface area contributed by atoms with E-state index in [1.165, 1.54) is 23.3 Å². The predicted molar refractivity (Wildman–Crippen MR) is 96.9 cm³/mol. The first-order valence-corrected chi connectivity index (χ1v) is 9.25. The number of alkyl halides is 1. The number of hydrogen-bond donors (Lipinski definition) is 1. The summed E-state index contributed by atoms with van der Waals surface area (Å²) in [7, 11) is 1.25. The SMILES string of the molecule is C=C(C)C[C@@H](C(=O)NCC(=O)OC)N(Cc1cccs1)C(=O)CBr. The lowest BCUT2D eigenvalue weighted by atomic mass is 10.1. The van der Waals surface area contributed by atoms with Gasteiger partial charge in [-0.2, -0.15) is 0 Å². The van der Waals surface area contributed by atoms with Crippen molar-refractivity contribution in [1.82, 2.24) is 10.2 Å². The first kappa shape index (κ1) is 20.4. The van der Waals surface area contributed by atoms with Crippen LogP contribution in [0.3, 0.4) is 0 Å². The summed E-state index contributed by atoms with van der Waals surface area (Å²) in [6.07, 6.45) is 0.317. The summed E-state index contributed by atoms with van der Waals surface area (Å²) in [6.45, 7) is 5.72. The van der Waals surface area contributed by atoms with Crippen LogP contribution < -0.4 is 5.32 Å². The first-order valence-electron chi connectivity index (χ1n) is 7.25. The van der Waals surface area contributed by atoms with Crippen molar-refractivity contribution in [1.29, 1.82) is 0 Å². The molecule has 0 radical (unpaired) electrons. The molecule has 0 spiro atoms. The van der Waals surface area contributed by atoms with Gasteiger partial charge in [-0.15, -0.1) is 17.9 Å². The van der Waals surface area contributed by atoms with Gasteiger partial charge in [0, 0.05) is 4.88 Å². The van der Waals surface area contributed by atoms with Crippen LogP contribution in [0.1, 0.15) is 18.2 Å². The lowest BCUT2D eigenvalue weighted by molar-refractivity contribution is -0.143. The number of carbonyl (C=O) groups is 3. The molecular formula is C16H21BrN2O4S. The van der Waals surface area contributed by atoms with Crippen molar-refractivity contribution in [3.63, 3.8) is 0 Å². The molecule has 1 atom stereocenters. The molecule has 0 bridgehead atoms. The number of thiophene rings is 1. The molecule has 2 amide bonds. The molecule has 0 aromatic carbocycles. The minimum absolute atomic E-state index is 0.106. The summed E-state index contributed by atoms with van der Waals surface area (Å²) < 4.78 is 4.52. The molecule has 1 N–H and O–H groups in total. The highest BCUT2D eigenvalue weighted by Gasteiger charge is 2.30. The predicted octanol–water partition coefficient (Wildman–Crippen LogP) is 2.10. The van der Waals surface area contributed by atoms with E-state index in [1.54, 1.807) is 6.92 Å². The maximum atomic E-state index is 12.5. The number of nitrogens with zero attached hydrogens (tertiary/aromatic N) is 1. The van der Waals surface area contributed by atoms with E-state index in [0.29, 0.717) is 13.0 Å². The van der Waals surface area contributed by atoms with E-state index in [2.05, 4.69) is 32.6 Å². The van der Waals surface area contributed by atoms with Crippen molar-refractivity contribution in [2.45, 2.75) is 25.9 Å². The Hall–Kier alpha value is -1.67. The summed E-state index contributed by atoms with van der Waals surface area (Å²) in [4.78, 5) is 38.6. The Bertz CT molecular complexity index is 589. The van der Waals surface area contributed by atoms with Gasteiger partial charge in [0.1, 0.15) is 12.6 Å². The third kappa shape index (κ3) is 6.45. The lowest BCUT2D eigenvalue weighted by Crippen LogP contribution is -2.50. The van der Waals surface area contributed by atoms with Crippen molar-refractivity contribution in [2.24, 2.45) is 0 Å². The van der Waals surface area contributed by atoms with E-state index in [1.807, 2.05) is 17.5 Å². The lowest BCUT2D eigenvalue weighted by Gasteiger charge is -2.30. The fraction of sp³-hybridized carbons (Fsp3) is 0.438. The number of ether oxygens (including phenoxy) is 1. The van der Waals surface area contributed by atoms with Crippen LogP contribution in [-0.4, -0.2) is 47.7 Å². The Morgan fingerprint density at radius 3 is 2.67 bits per heavy atom. The van der Waals surface area contributed by atoms with Crippen LogP contribution in [0, 0.1) is 0 Å². The summed E-state index contributed by atoms with van der Waals surface area (Å²) in [5.41, 5.74) is 0.770. The monoisotopic (exact) mass is 416 g/mol. The molecular weight excluding hydrogens is 396 g/mol. The van der Waals surface area contributed by atoms with Crippen LogP contribution in [0.4, 0.5) is 0 Å². The van der Waals surface area contributed by atoms with Crippen molar-refractivity contribution in [3.8, 4) is 0 Å². The van der Waals surface area contributed by atoms with Gasteiger partial charge in [-0.3, -0.25) is 14.4 Å². The summed E-state index contributed by atoms with van der Waals surface area (Å²) >= 11 is 4.67. The fourth-order valence-corrected chi connectivity index (χ4v) is 3.07. The molecule has 6 nitrogen and oxygen atoms in total. The molecule has 1 heterocycles. The zero-order chi connectivity index (χ0) is 18.1. The molecule has 1 rings (SSSR count). The number of methoxy groups -OCH3 is 1. The van der Waals surface area contributed by atoms with E-state index < -0.39 is 17.9 Å². The molecule has 24 heavy (non-hydrogen) atoms. The molecule has 0 aliphatic heterocycles. The standard InChI is InChI=1S/C16H21BrN2O4S/c1-11(2)7-13(16(22)18-9-15(21)23-3)19(14(20)8-17)10-12-5-4-6-24-12/h4-6,13H,1,7-10H2,2-3H3,(H,18,22)/t13-/m0/s1. The van der Waals surface area contributed by atoms with Crippen LogP contribution in [-0.2, 0) is 25.7 Å². The van der Waals surface area contributed by atoms with Crippen LogP contribution in [0.25, 0.3) is 0 Å². The Morgan fingerprint density at radius 2 is 2.17 bits per heavy atom. The van der Waals surface area contributed by atoms with Gasteiger partial charge in [-0.1, -0.05) is 27.6 Å². The number of carbonyl (C=O) groups excluding carboxylic acids is 3. The molecule has 0 aliphatic carbocycles. The van der Waals surface area contributed by atoms with Gasteiger partial charge in [0.2, 0.25) is 11.8 Å². The summed E-state index contributed by atoms with van der Waals surface area (Å²) in [6, 6.07) is 3.06. The number of rotatable bonds is 9. The summed E-state index contributed by atoms with van der Waals surface area (Å²) in [5.74, 6) is -1.16. The van der Waals surface area contributed by atoms with E-state index in [4.69, 9.17) is 0 Å². The summed E-state index contributed by atoms with van der Waals surface area (Å²) in [5, 5.41) is 4.54. The van der Waals surface area contributed by atoms with E-state index in [9.17, 15) is 14.4 Å². The molecule has 0 saturated heterocycles. The number of hydrogen-bond acceptors (Lipinski definition) is 5. The minimum atomic E-state index is -0.737. The Morgan fingerprint density at radius 1 is 1.46 bits per heavy atom. The highest BCUT2D eigenvalue weighted by molar-refractivity contribution is 9.09. The molecule has 1 aromatic rings. The third-order valence-electron chi connectivity index (χ3n) is 3.20. The highest BCUT2D eigenvalue weighted by atomic mass is 79.9. The third-order valence-corrected chi connectivity index (χ3v) is 4.54. The second kappa shape index (κ2) is 10.2. The van der Waals surface area contributed by atoms with Gasteiger partial charge in [-0.25, -0.2) is 0 Å². The van der Waals surface area contributed by atoms with Crippen LogP contribution in [0.2, 0.25) is 0 Å². The molecule has 1 aromatic heterocycles. The Balaban J connectivity index is 2.97. The quantitative estimate of drug-likeness (QED) is 0.379. The second-order valence-corrected chi connectivity index (χ2v) is 6.80. The van der Waals surface area contributed by atoms with Crippen LogP contribution >= 0.6 is 27.3 Å². The van der Waals surface area contributed by atoms with Gasteiger partial charge in [0.25, 0.3) is 0 Å². The van der Waals surface area contributed by atoms with Crippen molar-refractivity contribution in [3.05, 3.63) is 34.5 Å². The largest absolute Gasteiger partial charge is 0.468 e. The average molecular weight is 417 g/mol. The van der Waals surface area contributed by atoms with Crippen LogP contribution in [0.5, 0.6) is 0 Å². The fourth-order valence-electron chi connectivity index (χ4n) is 2.04.